The van der Waals surface area contributed by atoms with Gasteiger partial charge in [0.25, 0.3) is 0 Å². The molecule has 3 atom stereocenters. The number of esters is 2. The van der Waals surface area contributed by atoms with Crippen LogP contribution in [0.4, 0.5) is 0 Å². The highest BCUT2D eigenvalue weighted by atomic mass is 16.6. The Morgan fingerprint density at radius 3 is 2.02 bits per heavy atom. The van der Waals surface area contributed by atoms with E-state index in [-0.39, 0.29) is 12.7 Å². The van der Waals surface area contributed by atoms with Gasteiger partial charge < -0.3 is 14.2 Å². The van der Waals surface area contributed by atoms with Crippen molar-refractivity contribution in [2.45, 2.75) is 38.6 Å². The van der Waals surface area contributed by atoms with Crippen molar-refractivity contribution in [3.63, 3.8) is 0 Å². The molecule has 0 N–H and O–H groups in total. The van der Waals surface area contributed by atoms with Crippen molar-refractivity contribution in [1.82, 2.24) is 0 Å². The third-order valence-corrected chi connectivity index (χ3v) is 7.75. The SMILES string of the molecule is Cc1ccc(C(=O)OC[C@H]2O[C@@H](c3ccc4ccc(-c5ccccc5)cc4c3)C[C@@H]2OC(=O)c2ccc(C)cc2)cc1. The predicted molar refractivity (Wildman–Crippen MR) is 163 cm³/mol. The molecule has 0 saturated carbocycles. The molecule has 0 spiro atoms. The number of aryl methyl sites for hydroxylation is 2. The van der Waals surface area contributed by atoms with Crippen LogP contribution in [0.2, 0.25) is 0 Å². The van der Waals surface area contributed by atoms with E-state index in [1.54, 1.807) is 24.3 Å². The Balaban J connectivity index is 1.23. The third kappa shape index (κ3) is 6.12. The van der Waals surface area contributed by atoms with Gasteiger partial charge in [-0.25, -0.2) is 9.59 Å². The van der Waals surface area contributed by atoms with Crippen LogP contribution in [0.25, 0.3) is 21.9 Å². The van der Waals surface area contributed by atoms with Crippen molar-refractivity contribution >= 4 is 22.7 Å². The van der Waals surface area contributed by atoms with E-state index in [0.717, 1.165) is 38.6 Å². The molecule has 5 aromatic carbocycles. The first-order valence-electron chi connectivity index (χ1n) is 14.2. The summed E-state index contributed by atoms with van der Waals surface area (Å²) in [6.45, 7) is 3.90. The van der Waals surface area contributed by atoms with Crippen LogP contribution in [0.15, 0.2) is 115 Å². The number of benzene rings is 5. The largest absolute Gasteiger partial charge is 0.459 e. The average molecular weight is 557 g/mol. The number of carbonyl (C=O) groups is 2. The Morgan fingerprint density at radius 2 is 1.33 bits per heavy atom. The van der Waals surface area contributed by atoms with Crippen LogP contribution < -0.4 is 0 Å². The Morgan fingerprint density at radius 1 is 0.690 bits per heavy atom. The van der Waals surface area contributed by atoms with E-state index in [4.69, 9.17) is 14.2 Å². The molecule has 5 heteroatoms. The number of hydrogen-bond donors (Lipinski definition) is 0. The summed E-state index contributed by atoms with van der Waals surface area (Å²) in [4.78, 5) is 25.8. The van der Waals surface area contributed by atoms with E-state index in [2.05, 4.69) is 48.5 Å². The fraction of sp³-hybridized carbons (Fsp3) is 0.189. The highest BCUT2D eigenvalue weighted by Gasteiger charge is 2.40. The van der Waals surface area contributed by atoms with Crippen LogP contribution in [-0.4, -0.2) is 30.8 Å². The van der Waals surface area contributed by atoms with Crippen LogP contribution in [0.1, 0.15) is 49.9 Å². The smallest absolute Gasteiger partial charge is 0.338 e. The Hall–Kier alpha value is -4.74. The minimum atomic E-state index is -0.606. The lowest BCUT2D eigenvalue weighted by Gasteiger charge is -2.19. The van der Waals surface area contributed by atoms with E-state index in [9.17, 15) is 9.59 Å². The van der Waals surface area contributed by atoms with Gasteiger partial charge in [-0.2, -0.15) is 0 Å². The Labute approximate surface area is 245 Å². The van der Waals surface area contributed by atoms with Crippen molar-refractivity contribution in [3.8, 4) is 11.1 Å². The number of rotatable bonds is 7. The molecule has 5 nitrogen and oxygen atoms in total. The van der Waals surface area contributed by atoms with Gasteiger partial charge in [0.2, 0.25) is 0 Å². The monoisotopic (exact) mass is 556 g/mol. The summed E-state index contributed by atoms with van der Waals surface area (Å²) < 4.78 is 18.0. The van der Waals surface area contributed by atoms with Crippen LogP contribution >= 0.6 is 0 Å². The zero-order valence-corrected chi connectivity index (χ0v) is 23.7. The molecule has 1 heterocycles. The van der Waals surface area contributed by atoms with Gasteiger partial charge in [0.15, 0.2) is 0 Å². The van der Waals surface area contributed by atoms with Gasteiger partial charge in [-0.05, 0) is 77.7 Å². The molecule has 210 valence electrons. The second-order valence-electron chi connectivity index (χ2n) is 10.9. The zero-order valence-electron chi connectivity index (χ0n) is 23.7. The van der Waals surface area contributed by atoms with Crippen LogP contribution in [-0.2, 0) is 14.2 Å². The number of hydrogen-bond acceptors (Lipinski definition) is 5. The molecule has 0 bridgehead atoms. The van der Waals surface area contributed by atoms with Gasteiger partial charge in [-0.15, -0.1) is 0 Å². The summed E-state index contributed by atoms with van der Waals surface area (Å²) in [5.74, 6) is -0.866. The summed E-state index contributed by atoms with van der Waals surface area (Å²) in [7, 11) is 0. The molecule has 42 heavy (non-hydrogen) atoms. The number of carbonyl (C=O) groups excluding carboxylic acids is 2. The van der Waals surface area contributed by atoms with Gasteiger partial charge in [0.1, 0.15) is 18.8 Å². The molecule has 0 radical (unpaired) electrons. The standard InChI is InChI=1S/C37H32O5/c1-24-8-12-28(13-9-24)36(38)40-23-35-34(42-37(39)29-14-10-25(2)11-15-29)22-33(41-35)31-19-17-27-16-18-30(20-32(27)21-31)26-6-4-3-5-7-26/h3-21,33-35H,22-23H2,1-2H3/t33-,34+,35-/m1/s1. The molecule has 0 amide bonds. The quantitative estimate of drug-likeness (QED) is 0.190. The lowest BCUT2D eigenvalue weighted by atomic mass is 9.97. The molecule has 1 aliphatic rings. The molecule has 0 aromatic heterocycles. The molecule has 1 aliphatic heterocycles. The minimum Gasteiger partial charge on any atom is -0.459 e. The first-order chi connectivity index (χ1) is 20.4. The average Bonchev–Trinajstić information content (AvgIpc) is 3.42. The topological polar surface area (TPSA) is 61.8 Å². The second kappa shape index (κ2) is 12.0. The first-order valence-corrected chi connectivity index (χ1v) is 14.2. The molecule has 0 unspecified atom stereocenters. The highest BCUT2D eigenvalue weighted by Crippen LogP contribution is 2.37. The van der Waals surface area contributed by atoms with Gasteiger partial charge in [-0.1, -0.05) is 90.0 Å². The van der Waals surface area contributed by atoms with E-state index >= 15 is 0 Å². The minimum absolute atomic E-state index is 0.0270. The summed E-state index contributed by atoms with van der Waals surface area (Å²) >= 11 is 0. The maximum Gasteiger partial charge on any atom is 0.338 e. The summed E-state index contributed by atoms with van der Waals surface area (Å²) in [6, 6.07) is 37.5. The van der Waals surface area contributed by atoms with E-state index in [1.807, 2.05) is 56.3 Å². The summed E-state index contributed by atoms with van der Waals surface area (Å²) in [5, 5.41) is 2.22. The van der Waals surface area contributed by atoms with Gasteiger partial charge in [0, 0.05) is 6.42 Å². The molecule has 1 saturated heterocycles. The van der Waals surface area contributed by atoms with Crippen molar-refractivity contribution < 1.29 is 23.8 Å². The fourth-order valence-corrected chi connectivity index (χ4v) is 5.30. The Bertz CT molecular complexity index is 1710. The van der Waals surface area contributed by atoms with Crippen LogP contribution in [0.5, 0.6) is 0 Å². The van der Waals surface area contributed by atoms with Crippen molar-refractivity contribution in [2.75, 3.05) is 6.61 Å². The van der Waals surface area contributed by atoms with Gasteiger partial charge in [0.05, 0.1) is 17.2 Å². The predicted octanol–water partition coefficient (Wildman–Crippen LogP) is 8.04. The van der Waals surface area contributed by atoms with E-state index < -0.39 is 24.1 Å². The lowest BCUT2D eigenvalue weighted by molar-refractivity contribution is -0.0427. The molecule has 5 aromatic rings. The second-order valence-corrected chi connectivity index (χ2v) is 10.9. The third-order valence-electron chi connectivity index (χ3n) is 7.75. The van der Waals surface area contributed by atoms with Crippen LogP contribution in [0.3, 0.4) is 0 Å². The first kappa shape index (κ1) is 27.4. The molecule has 1 fully saturated rings. The number of fused-ring (bicyclic) bond motifs is 1. The molecule has 0 aliphatic carbocycles. The van der Waals surface area contributed by atoms with E-state index in [1.165, 1.54) is 0 Å². The zero-order chi connectivity index (χ0) is 29.1. The Kier molecular flexibility index (Phi) is 7.85. The fourth-order valence-electron chi connectivity index (χ4n) is 5.30. The summed E-state index contributed by atoms with van der Waals surface area (Å²) in [5.41, 5.74) is 6.33. The maximum atomic E-state index is 13.1. The molecule has 6 rings (SSSR count). The van der Waals surface area contributed by atoms with Crippen LogP contribution in [0, 0.1) is 13.8 Å². The van der Waals surface area contributed by atoms with Gasteiger partial charge in [-0.3, -0.25) is 0 Å². The molecular weight excluding hydrogens is 524 g/mol. The number of ether oxygens (including phenoxy) is 3. The van der Waals surface area contributed by atoms with Crippen molar-refractivity contribution in [1.29, 1.82) is 0 Å². The highest BCUT2D eigenvalue weighted by molar-refractivity contribution is 5.90. The lowest BCUT2D eigenvalue weighted by Crippen LogP contribution is -2.32. The summed E-state index contributed by atoms with van der Waals surface area (Å²) in [6.07, 6.45) is -1.06. The maximum absolute atomic E-state index is 13.1. The normalized spacial score (nSPS) is 18.1. The molecular formula is C37H32O5. The van der Waals surface area contributed by atoms with Gasteiger partial charge >= 0.3 is 11.9 Å². The van der Waals surface area contributed by atoms with E-state index in [0.29, 0.717) is 17.5 Å². The van der Waals surface area contributed by atoms with Crippen molar-refractivity contribution in [3.05, 3.63) is 143 Å². The van der Waals surface area contributed by atoms with Crippen molar-refractivity contribution in [2.24, 2.45) is 0 Å².